The minimum absolute atomic E-state index is 0.00496. The van der Waals surface area contributed by atoms with Gasteiger partial charge < -0.3 is 16.4 Å². The minimum atomic E-state index is -0.616. The Balaban J connectivity index is 2.57. The van der Waals surface area contributed by atoms with Crippen molar-refractivity contribution in [2.75, 3.05) is 18.4 Å². The summed E-state index contributed by atoms with van der Waals surface area (Å²) >= 11 is 0. The van der Waals surface area contributed by atoms with Gasteiger partial charge in [-0.25, -0.2) is 9.78 Å². The molecule has 92 valence electrons. The van der Waals surface area contributed by atoms with Gasteiger partial charge >= 0.3 is 6.03 Å². The van der Waals surface area contributed by atoms with Gasteiger partial charge in [0.15, 0.2) is 0 Å². The number of aryl methyl sites for hydroxylation is 1. The van der Waals surface area contributed by atoms with Crippen molar-refractivity contribution >= 4 is 17.5 Å². The Bertz CT molecular complexity index is 435. The van der Waals surface area contributed by atoms with Crippen molar-refractivity contribution in [1.29, 1.82) is 0 Å². The number of anilines is 1. The first-order valence-electron chi connectivity index (χ1n) is 4.89. The van der Waals surface area contributed by atoms with Crippen LogP contribution in [0.3, 0.4) is 0 Å². The summed E-state index contributed by atoms with van der Waals surface area (Å²) in [6.45, 7) is 2.32. The van der Waals surface area contributed by atoms with Gasteiger partial charge in [-0.3, -0.25) is 10.1 Å². The molecule has 4 N–H and O–H groups in total. The first-order valence-corrected chi connectivity index (χ1v) is 4.89. The molecule has 2 amide bonds. The van der Waals surface area contributed by atoms with E-state index in [1.54, 1.807) is 6.92 Å². The Morgan fingerprint density at radius 2 is 2.29 bits per heavy atom. The fourth-order valence-electron chi connectivity index (χ4n) is 1.18. The molecule has 1 aromatic heterocycles. The molecule has 0 bridgehead atoms. The Morgan fingerprint density at radius 3 is 2.88 bits per heavy atom. The Hall–Kier alpha value is -2.38. The summed E-state index contributed by atoms with van der Waals surface area (Å²) in [6, 6.07) is 0.731. The first-order chi connectivity index (χ1) is 8.00. The van der Waals surface area contributed by atoms with Crippen LogP contribution in [0.25, 0.3) is 0 Å². The van der Waals surface area contributed by atoms with E-state index in [-0.39, 0.29) is 5.69 Å². The molecule has 0 aromatic carbocycles. The van der Waals surface area contributed by atoms with E-state index in [1.165, 1.54) is 12.3 Å². The van der Waals surface area contributed by atoms with E-state index in [4.69, 9.17) is 5.73 Å². The lowest BCUT2D eigenvalue weighted by molar-refractivity contribution is -0.385. The van der Waals surface area contributed by atoms with Gasteiger partial charge in [-0.15, -0.1) is 0 Å². The molecule has 0 radical (unpaired) electrons. The van der Waals surface area contributed by atoms with Crippen LogP contribution in [0.5, 0.6) is 0 Å². The molecule has 0 aliphatic rings. The van der Waals surface area contributed by atoms with E-state index in [2.05, 4.69) is 15.6 Å². The molecular formula is C9H13N5O3. The highest BCUT2D eigenvalue weighted by atomic mass is 16.6. The first kappa shape index (κ1) is 12.7. The van der Waals surface area contributed by atoms with Crippen molar-refractivity contribution in [1.82, 2.24) is 10.3 Å². The highest BCUT2D eigenvalue weighted by molar-refractivity contribution is 5.71. The largest absolute Gasteiger partial charge is 0.368 e. The SMILES string of the molecule is Cc1cnc(NCCNC(N)=O)cc1[N+](=O)[O-]. The molecule has 0 atom stereocenters. The number of primary amides is 1. The quantitative estimate of drug-likeness (QED) is 0.389. The Morgan fingerprint density at radius 1 is 1.59 bits per heavy atom. The Labute approximate surface area is 97.4 Å². The number of pyridine rings is 1. The van der Waals surface area contributed by atoms with Crippen molar-refractivity contribution in [3.63, 3.8) is 0 Å². The second-order valence-corrected chi connectivity index (χ2v) is 3.33. The van der Waals surface area contributed by atoms with Crippen LogP contribution >= 0.6 is 0 Å². The van der Waals surface area contributed by atoms with Crippen LogP contribution in [0.4, 0.5) is 16.3 Å². The van der Waals surface area contributed by atoms with Gasteiger partial charge in [-0.2, -0.15) is 0 Å². The van der Waals surface area contributed by atoms with E-state index < -0.39 is 11.0 Å². The van der Waals surface area contributed by atoms with Crippen LogP contribution in [0.15, 0.2) is 12.3 Å². The number of carbonyl (C=O) groups is 1. The standard InChI is InChI=1S/C9H13N5O3/c1-6-5-13-8(4-7(6)14(16)17)11-2-3-12-9(10)15/h4-5H,2-3H2,1H3,(H,11,13)(H3,10,12,15). The van der Waals surface area contributed by atoms with E-state index in [0.717, 1.165) is 0 Å². The number of urea groups is 1. The van der Waals surface area contributed by atoms with Gasteiger partial charge in [0.2, 0.25) is 0 Å². The second kappa shape index (κ2) is 5.64. The number of nitrogens with zero attached hydrogens (tertiary/aromatic N) is 2. The average Bonchev–Trinajstić information content (AvgIpc) is 2.25. The zero-order chi connectivity index (χ0) is 12.8. The van der Waals surface area contributed by atoms with Gasteiger partial charge in [0.05, 0.1) is 11.0 Å². The number of aromatic nitrogens is 1. The normalized spacial score (nSPS) is 9.71. The van der Waals surface area contributed by atoms with Crippen molar-refractivity contribution in [3.05, 3.63) is 27.9 Å². The molecule has 0 aliphatic carbocycles. The van der Waals surface area contributed by atoms with Crippen LogP contribution in [0, 0.1) is 17.0 Å². The molecule has 8 heteroatoms. The number of carbonyl (C=O) groups excluding carboxylic acids is 1. The maximum atomic E-state index is 10.7. The third-order valence-corrected chi connectivity index (χ3v) is 2.00. The highest BCUT2D eigenvalue weighted by Crippen LogP contribution is 2.19. The summed E-state index contributed by atoms with van der Waals surface area (Å²) in [5, 5.41) is 15.9. The predicted molar refractivity (Wildman–Crippen MR) is 61.7 cm³/mol. The smallest absolute Gasteiger partial charge is 0.312 e. The van der Waals surface area contributed by atoms with Crippen molar-refractivity contribution in [3.8, 4) is 0 Å². The summed E-state index contributed by atoms with van der Waals surface area (Å²) in [5.41, 5.74) is 5.37. The average molecular weight is 239 g/mol. The number of hydrogen-bond donors (Lipinski definition) is 3. The summed E-state index contributed by atoms with van der Waals surface area (Å²) in [6.07, 6.45) is 1.42. The maximum absolute atomic E-state index is 10.7. The summed E-state index contributed by atoms with van der Waals surface area (Å²) in [4.78, 5) is 24.6. The second-order valence-electron chi connectivity index (χ2n) is 3.33. The van der Waals surface area contributed by atoms with E-state index in [0.29, 0.717) is 24.5 Å². The summed E-state index contributed by atoms with van der Waals surface area (Å²) in [7, 11) is 0. The third-order valence-electron chi connectivity index (χ3n) is 2.00. The molecule has 8 nitrogen and oxygen atoms in total. The molecular weight excluding hydrogens is 226 g/mol. The third kappa shape index (κ3) is 3.93. The topological polar surface area (TPSA) is 123 Å². The van der Waals surface area contributed by atoms with Gasteiger partial charge in [-0.1, -0.05) is 0 Å². The molecule has 0 saturated heterocycles. The number of nitrogens with one attached hydrogen (secondary N) is 2. The lowest BCUT2D eigenvalue weighted by Crippen LogP contribution is -2.33. The maximum Gasteiger partial charge on any atom is 0.312 e. The van der Waals surface area contributed by atoms with E-state index in [1.807, 2.05) is 0 Å². The van der Waals surface area contributed by atoms with Crippen molar-refractivity contribution in [2.45, 2.75) is 6.92 Å². The van der Waals surface area contributed by atoms with E-state index in [9.17, 15) is 14.9 Å². The predicted octanol–water partition coefficient (Wildman–Crippen LogP) is 0.378. The van der Waals surface area contributed by atoms with Crippen molar-refractivity contribution < 1.29 is 9.72 Å². The molecule has 1 heterocycles. The van der Waals surface area contributed by atoms with Crippen molar-refractivity contribution in [2.24, 2.45) is 5.73 Å². The number of amides is 2. The monoisotopic (exact) mass is 239 g/mol. The van der Waals surface area contributed by atoms with Gasteiger partial charge in [-0.05, 0) is 6.92 Å². The summed E-state index contributed by atoms with van der Waals surface area (Å²) < 4.78 is 0. The molecule has 0 fully saturated rings. The van der Waals surface area contributed by atoms with Gasteiger partial charge in [0.1, 0.15) is 5.82 Å². The zero-order valence-electron chi connectivity index (χ0n) is 9.27. The number of rotatable bonds is 5. The zero-order valence-corrected chi connectivity index (χ0v) is 9.27. The van der Waals surface area contributed by atoms with Gasteiger partial charge in [0, 0.05) is 24.8 Å². The molecule has 0 unspecified atom stereocenters. The molecule has 1 rings (SSSR count). The molecule has 1 aromatic rings. The van der Waals surface area contributed by atoms with Crippen LogP contribution in [-0.4, -0.2) is 29.0 Å². The van der Waals surface area contributed by atoms with Crippen LogP contribution in [-0.2, 0) is 0 Å². The fraction of sp³-hybridized carbons (Fsp3) is 0.333. The number of nitro groups is 1. The van der Waals surface area contributed by atoms with Crippen LogP contribution in [0.2, 0.25) is 0 Å². The number of nitrogens with two attached hydrogens (primary N) is 1. The van der Waals surface area contributed by atoms with E-state index >= 15 is 0 Å². The Kier molecular flexibility index (Phi) is 4.21. The highest BCUT2D eigenvalue weighted by Gasteiger charge is 2.11. The van der Waals surface area contributed by atoms with Crippen LogP contribution in [0.1, 0.15) is 5.56 Å². The lowest BCUT2D eigenvalue weighted by atomic mass is 10.2. The van der Waals surface area contributed by atoms with Crippen LogP contribution < -0.4 is 16.4 Å². The fourth-order valence-corrected chi connectivity index (χ4v) is 1.18. The molecule has 0 saturated carbocycles. The molecule has 0 aliphatic heterocycles. The molecule has 17 heavy (non-hydrogen) atoms. The summed E-state index contributed by atoms with van der Waals surface area (Å²) in [5.74, 6) is 0.383. The number of hydrogen-bond acceptors (Lipinski definition) is 5. The lowest BCUT2D eigenvalue weighted by Gasteiger charge is -2.06. The van der Waals surface area contributed by atoms with Gasteiger partial charge in [0.25, 0.3) is 5.69 Å². The molecule has 0 spiro atoms. The minimum Gasteiger partial charge on any atom is -0.368 e.